The molecule has 0 amide bonds. The van der Waals surface area contributed by atoms with Gasteiger partial charge in [0.25, 0.3) is 0 Å². The van der Waals surface area contributed by atoms with Crippen molar-refractivity contribution in [3.8, 4) is 0 Å². The van der Waals surface area contributed by atoms with Crippen LogP contribution in [0.5, 0.6) is 0 Å². The second kappa shape index (κ2) is 5.43. The van der Waals surface area contributed by atoms with Gasteiger partial charge in [0, 0.05) is 19.6 Å². The second-order valence-corrected chi connectivity index (χ2v) is 7.21. The Bertz CT molecular complexity index is 533. The van der Waals surface area contributed by atoms with E-state index in [0.717, 1.165) is 25.2 Å². The van der Waals surface area contributed by atoms with E-state index in [1.807, 2.05) is 13.0 Å². The highest BCUT2D eigenvalue weighted by Gasteiger charge is 2.37. The van der Waals surface area contributed by atoms with Crippen LogP contribution in [0.15, 0.2) is 18.2 Å². The Morgan fingerprint density at radius 2 is 1.81 bits per heavy atom. The maximum absolute atomic E-state index is 11.0. The van der Waals surface area contributed by atoms with Crippen LogP contribution in [-0.2, 0) is 11.3 Å². The Morgan fingerprint density at radius 3 is 2.29 bits per heavy atom. The van der Waals surface area contributed by atoms with E-state index in [9.17, 15) is 4.79 Å². The third kappa shape index (κ3) is 4.05. The van der Waals surface area contributed by atoms with Crippen molar-refractivity contribution in [3.63, 3.8) is 0 Å². The predicted molar refractivity (Wildman–Crippen MR) is 82.7 cm³/mol. The maximum Gasteiger partial charge on any atom is 0.335 e. The number of carbonyl (C=O) groups is 1. The van der Waals surface area contributed by atoms with Crippen LogP contribution in [0.3, 0.4) is 0 Å². The molecular formula is C17H25NO3. The van der Waals surface area contributed by atoms with Crippen LogP contribution in [0.2, 0.25) is 0 Å². The Kier molecular flexibility index (Phi) is 4.13. The van der Waals surface area contributed by atoms with Crippen molar-refractivity contribution in [2.45, 2.75) is 52.4 Å². The highest BCUT2D eigenvalue weighted by atomic mass is 16.5. The quantitative estimate of drug-likeness (QED) is 0.930. The van der Waals surface area contributed by atoms with Gasteiger partial charge >= 0.3 is 5.97 Å². The van der Waals surface area contributed by atoms with Crippen LogP contribution >= 0.6 is 0 Å². The molecule has 21 heavy (non-hydrogen) atoms. The first-order chi connectivity index (χ1) is 9.58. The molecule has 1 aromatic rings. The average molecular weight is 291 g/mol. The van der Waals surface area contributed by atoms with Crippen LogP contribution < -0.4 is 0 Å². The van der Waals surface area contributed by atoms with E-state index < -0.39 is 5.97 Å². The lowest BCUT2D eigenvalue weighted by Gasteiger charge is -2.47. The van der Waals surface area contributed by atoms with Crippen molar-refractivity contribution in [2.75, 3.05) is 13.1 Å². The minimum absolute atomic E-state index is 0.170. The summed E-state index contributed by atoms with van der Waals surface area (Å²) in [5.74, 6) is -0.877. The summed E-state index contributed by atoms with van der Waals surface area (Å²) in [5, 5.41) is 9.03. The Hall–Kier alpha value is -1.39. The number of hydrogen-bond acceptors (Lipinski definition) is 3. The summed E-state index contributed by atoms with van der Waals surface area (Å²) in [7, 11) is 0. The van der Waals surface area contributed by atoms with E-state index in [1.165, 1.54) is 5.56 Å². The Morgan fingerprint density at radius 1 is 1.24 bits per heavy atom. The van der Waals surface area contributed by atoms with Gasteiger partial charge in [-0.25, -0.2) is 4.79 Å². The topological polar surface area (TPSA) is 49.8 Å². The first-order valence-electron chi connectivity index (χ1n) is 7.33. The molecule has 1 aliphatic rings. The molecule has 1 fully saturated rings. The fourth-order valence-corrected chi connectivity index (χ4v) is 3.30. The fraction of sp³-hybridized carbons (Fsp3) is 0.588. The van der Waals surface area contributed by atoms with Crippen LogP contribution in [0, 0.1) is 6.92 Å². The lowest BCUT2D eigenvalue weighted by Crippen LogP contribution is -2.56. The monoisotopic (exact) mass is 291 g/mol. The number of rotatable bonds is 3. The molecule has 0 aliphatic carbocycles. The summed E-state index contributed by atoms with van der Waals surface area (Å²) >= 11 is 0. The van der Waals surface area contributed by atoms with Crippen molar-refractivity contribution in [3.05, 3.63) is 34.9 Å². The van der Waals surface area contributed by atoms with Gasteiger partial charge in [0.1, 0.15) is 0 Å². The van der Waals surface area contributed by atoms with Crippen LogP contribution in [-0.4, -0.2) is 40.3 Å². The van der Waals surface area contributed by atoms with E-state index in [1.54, 1.807) is 12.1 Å². The maximum atomic E-state index is 11.0. The molecule has 0 atom stereocenters. The van der Waals surface area contributed by atoms with Gasteiger partial charge in [-0.2, -0.15) is 0 Å². The summed E-state index contributed by atoms with van der Waals surface area (Å²) in [6.45, 7) is 13.0. The molecule has 0 unspecified atom stereocenters. The van der Waals surface area contributed by atoms with Gasteiger partial charge < -0.3 is 9.84 Å². The van der Waals surface area contributed by atoms with Crippen molar-refractivity contribution in [2.24, 2.45) is 0 Å². The van der Waals surface area contributed by atoms with Gasteiger partial charge in [-0.15, -0.1) is 0 Å². The second-order valence-electron chi connectivity index (χ2n) is 7.21. The van der Waals surface area contributed by atoms with Gasteiger partial charge in [0.2, 0.25) is 0 Å². The number of morpholine rings is 1. The van der Waals surface area contributed by atoms with Crippen molar-refractivity contribution in [1.82, 2.24) is 4.90 Å². The first kappa shape index (κ1) is 16.0. The lowest BCUT2D eigenvalue weighted by molar-refractivity contribution is -0.182. The molecule has 4 nitrogen and oxygen atoms in total. The molecule has 2 rings (SSSR count). The summed E-state index contributed by atoms with van der Waals surface area (Å²) < 4.78 is 6.09. The molecule has 0 bridgehead atoms. The van der Waals surface area contributed by atoms with Gasteiger partial charge in [-0.3, -0.25) is 4.90 Å². The van der Waals surface area contributed by atoms with Crippen LogP contribution in [0.25, 0.3) is 0 Å². The van der Waals surface area contributed by atoms with Gasteiger partial charge in [-0.1, -0.05) is 6.07 Å². The number of aromatic carboxylic acids is 1. The number of ether oxygens (including phenoxy) is 1. The highest BCUT2D eigenvalue weighted by Crippen LogP contribution is 2.29. The molecule has 1 aliphatic heterocycles. The molecule has 1 heterocycles. The van der Waals surface area contributed by atoms with E-state index >= 15 is 0 Å². The fourth-order valence-electron chi connectivity index (χ4n) is 3.30. The minimum Gasteiger partial charge on any atom is -0.478 e. The molecular weight excluding hydrogens is 266 g/mol. The van der Waals surface area contributed by atoms with E-state index in [0.29, 0.717) is 5.56 Å². The van der Waals surface area contributed by atoms with Crippen LogP contribution in [0.4, 0.5) is 0 Å². The SMILES string of the molecule is Cc1cc(C(=O)O)ccc1CN1CC(C)(C)OC(C)(C)C1. The number of hydrogen-bond donors (Lipinski definition) is 1. The number of carboxylic acids is 1. The lowest BCUT2D eigenvalue weighted by atomic mass is 9.97. The normalized spacial score (nSPS) is 21.2. The zero-order valence-corrected chi connectivity index (χ0v) is 13.6. The van der Waals surface area contributed by atoms with E-state index in [2.05, 4.69) is 32.6 Å². The third-order valence-electron chi connectivity index (χ3n) is 3.74. The molecule has 0 saturated carbocycles. The van der Waals surface area contributed by atoms with Crippen LogP contribution in [0.1, 0.15) is 49.2 Å². The van der Waals surface area contributed by atoms with Gasteiger partial charge in [0.15, 0.2) is 0 Å². The molecule has 4 heteroatoms. The Balaban J connectivity index is 2.16. The third-order valence-corrected chi connectivity index (χ3v) is 3.74. The molecule has 1 N–H and O–H groups in total. The van der Waals surface area contributed by atoms with Gasteiger partial charge in [-0.05, 0) is 57.9 Å². The molecule has 0 radical (unpaired) electrons. The molecule has 116 valence electrons. The average Bonchev–Trinajstić information content (AvgIpc) is 2.27. The first-order valence-corrected chi connectivity index (χ1v) is 7.33. The molecule has 0 aromatic heterocycles. The summed E-state index contributed by atoms with van der Waals surface area (Å²) in [6.07, 6.45) is 0. The Labute approximate surface area is 126 Å². The largest absolute Gasteiger partial charge is 0.478 e. The molecule has 1 aromatic carbocycles. The smallest absolute Gasteiger partial charge is 0.335 e. The summed E-state index contributed by atoms with van der Waals surface area (Å²) in [5.41, 5.74) is 2.21. The molecule has 1 saturated heterocycles. The number of benzene rings is 1. The van der Waals surface area contributed by atoms with Gasteiger partial charge in [0.05, 0.1) is 16.8 Å². The number of carboxylic acid groups (broad SMARTS) is 1. The predicted octanol–water partition coefficient (Wildman–Crippen LogP) is 3.08. The standard InChI is InChI=1S/C17H25NO3/c1-12-8-13(15(19)20)6-7-14(12)9-18-10-16(2,3)21-17(4,5)11-18/h6-8H,9-11H2,1-5H3,(H,19,20). The van der Waals surface area contributed by atoms with Crippen molar-refractivity contribution < 1.29 is 14.6 Å². The molecule has 0 spiro atoms. The number of nitrogens with zero attached hydrogens (tertiary/aromatic N) is 1. The van der Waals surface area contributed by atoms with Crippen molar-refractivity contribution >= 4 is 5.97 Å². The zero-order valence-electron chi connectivity index (χ0n) is 13.6. The summed E-state index contributed by atoms with van der Waals surface area (Å²) in [6, 6.07) is 5.35. The van der Waals surface area contributed by atoms with E-state index in [-0.39, 0.29) is 11.2 Å². The highest BCUT2D eigenvalue weighted by molar-refractivity contribution is 5.87. The van der Waals surface area contributed by atoms with Crippen molar-refractivity contribution in [1.29, 1.82) is 0 Å². The number of aryl methyl sites for hydroxylation is 1. The zero-order chi connectivity index (χ0) is 15.8. The summed E-state index contributed by atoms with van der Waals surface area (Å²) in [4.78, 5) is 13.4. The van der Waals surface area contributed by atoms with E-state index in [4.69, 9.17) is 9.84 Å². The minimum atomic E-state index is -0.877.